The maximum atomic E-state index is 11.0. The highest BCUT2D eigenvalue weighted by molar-refractivity contribution is 5.71. The molecule has 7 nitrogen and oxygen atoms in total. The Morgan fingerprint density at radius 2 is 2.25 bits per heavy atom. The van der Waals surface area contributed by atoms with Gasteiger partial charge in [0, 0.05) is 24.4 Å². The Labute approximate surface area is 116 Å². The molecule has 0 aliphatic rings. The Balaban J connectivity index is 2.78. The van der Waals surface area contributed by atoms with Crippen molar-refractivity contribution >= 4 is 17.3 Å². The fourth-order valence-corrected chi connectivity index (χ4v) is 1.84. The summed E-state index contributed by atoms with van der Waals surface area (Å²) in [5, 5.41) is 22.8. The third-order valence-corrected chi connectivity index (χ3v) is 2.92. The molecule has 7 heteroatoms. The zero-order chi connectivity index (χ0) is 15.1. The number of ether oxygens (including phenoxy) is 1. The molecule has 1 aromatic rings. The van der Waals surface area contributed by atoms with Gasteiger partial charge in [0.05, 0.1) is 18.0 Å². The van der Waals surface area contributed by atoms with Crippen molar-refractivity contribution in [2.75, 3.05) is 19.0 Å². The summed E-state index contributed by atoms with van der Waals surface area (Å²) in [5.74, 6) is -1.20. The Kier molecular flexibility index (Phi) is 5.76. The van der Waals surface area contributed by atoms with Crippen LogP contribution in [0.15, 0.2) is 18.2 Å². The van der Waals surface area contributed by atoms with Crippen LogP contribution in [0.2, 0.25) is 0 Å². The lowest BCUT2D eigenvalue weighted by Crippen LogP contribution is -2.22. The van der Waals surface area contributed by atoms with Crippen molar-refractivity contribution in [2.24, 2.45) is 5.92 Å². The van der Waals surface area contributed by atoms with E-state index in [0.29, 0.717) is 12.1 Å². The number of benzene rings is 1. The Bertz CT molecular complexity index is 490. The van der Waals surface area contributed by atoms with Gasteiger partial charge >= 0.3 is 11.7 Å². The summed E-state index contributed by atoms with van der Waals surface area (Å²) >= 11 is 0. The maximum Gasteiger partial charge on any atom is 0.311 e. The molecule has 2 N–H and O–H groups in total. The second-order valence-electron chi connectivity index (χ2n) is 4.35. The van der Waals surface area contributed by atoms with E-state index in [1.807, 2.05) is 6.92 Å². The molecule has 0 spiro atoms. The molecule has 1 aromatic carbocycles. The van der Waals surface area contributed by atoms with Gasteiger partial charge in [-0.1, -0.05) is 13.3 Å². The molecule has 110 valence electrons. The van der Waals surface area contributed by atoms with Crippen LogP contribution in [0.1, 0.15) is 19.8 Å². The molecule has 1 unspecified atom stereocenters. The molecule has 0 bridgehead atoms. The molecule has 0 fully saturated rings. The number of nitro groups is 1. The van der Waals surface area contributed by atoms with E-state index in [9.17, 15) is 14.9 Å². The SMILES string of the molecule is CCCC(CNc1ccc([N+](=O)[O-])c(OC)c1)C(=O)O. The predicted molar refractivity (Wildman–Crippen MR) is 74.2 cm³/mol. The third-order valence-electron chi connectivity index (χ3n) is 2.92. The highest BCUT2D eigenvalue weighted by atomic mass is 16.6. The molecular formula is C13H18N2O5. The fraction of sp³-hybridized carbons (Fsp3) is 0.462. The van der Waals surface area contributed by atoms with Gasteiger partial charge in [-0.3, -0.25) is 14.9 Å². The molecule has 0 saturated heterocycles. The normalized spacial score (nSPS) is 11.7. The molecule has 0 amide bonds. The van der Waals surface area contributed by atoms with E-state index in [0.717, 1.165) is 6.42 Å². The molecular weight excluding hydrogens is 264 g/mol. The number of methoxy groups -OCH3 is 1. The smallest absolute Gasteiger partial charge is 0.311 e. The Hall–Kier alpha value is -2.31. The maximum absolute atomic E-state index is 11.0. The molecule has 20 heavy (non-hydrogen) atoms. The minimum absolute atomic E-state index is 0.124. The van der Waals surface area contributed by atoms with Crippen LogP contribution >= 0.6 is 0 Å². The minimum atomic E-state index is -0.853. The number of nitrogens with zero attached hydrogens (tertiary/aromatic N) is 1. The number of carbonyl (C=O) groups is 1. The summed E-state index contributed by atoms with van der Waals surface area (Å²) in [4.78, 5) is 21.3. The molecule has 0 aromatic heterocycles. The Morgan fingerprint density at radius 1 is 1.55 bits per heavy atom. The molecule has 0 aliphatic carbocycles. The van der Waals surface area contributed by atoms with Crippen molar-refractivity contribution in [1.29, 1.82) is 0 Å². The Morgan fingerprint density at radius 3 is 2.75 bits per heavy atom. The van der Waals surface area contributed by atoms with Crippen LogP contribution < -0.4 is 10.1 Å². The first-order valence-electron chi connectivity index (χ1n) is 6.28. The monoisotopic (exact) mass is 282 g/mol. The van der Waals surface area contributed by atoms with Crippen LogP contribution in [0.4, 0.5) is 11.4 Å². The summed E-state index contributed by atoms with van der Waals surface area (Å²) < 4.78 is 4.95. The number of rotatable bonds is 8. The van der Waals surface area contributed by atoms with Crippen molar-refractivity contribution in [3.63, 3.8) is 0 Å². The minimum Gasteiger partial charge on any atom is -0.490 e. The summed E-state index contributed by atoms with van der Waals surface area (Å²) in [5.41, 5.74) is 0.469. The summed E-state index contributed by atoms with van der Waals surface area (Å²) in [6.45, 7) is 2.19. The van der Waals surface area contributed by atoms with Gasteiger partial charge in [-0.15, -0.1) is 0 Å². The summed E-state index contributed by atoms with van der Waals surface area (Å²) in [6, 6.07) is 4.35. The highest BCUT2D eigenvalue weighted by Crippen LogP contribution is 2.29. The fourth-order valence-electron chi connectivity index (χ4n) is 1.84. The standard InChI is InChI=1S/C13H18N2O5/c1-3-4-9(13(16)17)8-14-10-5-6-11(15(18)19)12(7-10)20-2/h5-7,9,14H,3-4,8H2,1-2H3,(H,16,17). The van der Waals surface area contributed by atoms with E-state index in [1.54, 1.807) is 0 Å². The van der Waals surface area contributed by atoms with E-state index in [4.69, 9.17) is 9.84 Å². The number of nitrogens with one attached hydrogen (secondary N) is 1. The zero-order valence-electron chi connectivity index (χ0n) is 11.5. The van der Waals surface area contributed by atoms with E-state index in [1.165, 1.54) is 25.3 Å². The van der Waals surface area contributed by atoms with Crippen molar-refractivity contribution < 1.29 is 19.6 Å². The number of carboxylic acids is 1. The number of nitro benzene ring substituents is 1. The van der Waals surface area contributed by atoms with E-state index in [-0.39, 0.29) is 18.0 Å². The highest BCUT2D eigenvalue weighted by Gasteiger charge is 2.18. The number of anilines is 1. The van der Waals surface area contributed by atoms with E-state index < -0.39 is 16.8 Å². The van der Waals surface area contributed by atoms with E-state index in [2.05, 4.69) is 5.32 Å². The average molecular weight is 282 g/mol. The lowest BCUT2D eigenvalue weighted by atomic mass is 10.0. The molecule has 0 heterocycles. The number of carboxylic acid groups (broad SMARTS) is 1. The van der Waals surface area contributed by atoms with E-state index >= 15 is 0 Å². The molecule has 1 atom stereocenters. The molecule has 1 rings (SSSR count). The molecule has 0 saturated carbocycles. The third kappa shape index (κ3) is 4.11. The van der Waals surface area contributed by atoms with Gasteiger partial charge in [0.15, 0.2) is 5.75 Å². The van der Waals surface area contributed by atoms with Gasteiger partial charge in [0.2, 0.25) is 0 Å². The molecule has 0 aliphatic heterocycles. The van der Waals surface area contributed by atoms with Crippen molar-refractivity contribution in [2.45, 2.75) is 19.8 Å². The van der Waals surface area contributed by atoms with Gasteiger partial charge in [-0.2, -0.15) is 0 Å². The zero-order valence-corrected chi connectivity index (χ0v) is 11.5. The first-order valence-corrected chi connectivity index (χ1v) is 6.28. The lowest BCUT2D eigenvalue weighted by molar-refractivity contribution is -0.385. The lowest BCUT2D eigenvalue weighted by Gasteiger charge is -2.13. The number of hydrogen-bond acceptors (Lipinski definition) is 5. The van der Waals surface area contributed by atoms with Crippen molar-refractivity contribution in [1.82, 2.24) is 0 Å². The molecule has 0 radical (unpaired) electrons. The van der Waals surface area contributed by atoms with Crippen molar-refractivity contribution in [3.8, 4) is 5.75 Å². The topological polar surface area (TPSA) is 102 Å². The second-order valence-corrected chi connectivity index (χ2v) is 4.35. The quantitative estimate of drug-likeness (QED) is 0.561. The van der Waals surface area contributed by atoms with Crippen LogP contribution in [-0.2, 0) is 4.79 Å². The summed E-state index contributed by atoms with van der Waals surface area (Å²) in [7, 11) is 1.35. The van der Waals surface area contributed by atoms with Crippen molar-refractivity contribution in [3.05, 3.63) is 28.3 Å². The number of aliphatic carboxylic acids is 1. The van der Waals surface area contributed by atoms with Crippen LogP contribution in [0.25, 0.3) is 0 Å². The average Bonchev–Trinajstić information content (AvgIpc) is 2.42. The largest absolute Gasteiger partial charge is 0.490 e. The van der Waals surface area contributed by atoms with Crippen LogP contribution in [0, 0.1) is 16.0 Å². The van der Waals surface area contributed by atoms with Gasteiger partial charge < -0.3 is 15.2 Å². The first-order chi connectivity index (χ1) is 9.49. The second kappa shape index (κ2) is 7.32. The van der Waals surface area contributed by atoms with Gasteiger partial charge in [-0.05, 0) is 12.5 Å². The van der Waals surface area contributed by atoms with Crippen LogP contribution in [0.3, 0.4) is 0 Å². The first kappa shape index (κ1) is 15.7. The summed E-state index contributed by atoms with van der Waals surface area (Å²) in [6.07, 6.45) is 1.36. The van der Waals surface area contributed by atoms with Gasteiger partial charge in [0.25, 0.3) is 0 Å². The number of hydrogen-bond donors (Lipinski definition) is 2. The van der Waals surface area contributed by atoms with Gasteiger partial charge in [-0.25, -0.2) is 0 Å². The predicted octanol–water partition coefficient (Wildman–Crippen LogP) is 2.52. The van der Waals surface area contributed by atoms with Gasteiger partial charge in [0.1, 0.15) is 0 Å². The van der Waals surface area contributed by atoms with Crippen LogP contribution in [0.5, 0.6) is 5.75 Å². The van der Waals surface area contributed by atoms with Crippen LogP contribution in [-0.4, -0.2) is 29.7 Å².